The van der Waals surface area contributed by atoms with Gasteiger partial charge >= 0.3 is 6.18 Å². The average Bonchev–Trinajstić information content (AvgIpc) is 3.25. The molecular weight excluding hydrogens is 471 g/mol. The number of nitrogens with zero attached hydrogens (tertiary/aromatic N) is 4. The summed E-state index contributed by atoms with van der Waals surface area (Å²) in [6.45, 7) is 2.88. The minimum absolute atomic E-state index is 0.0432. The first-order valence-corrected chi connectivity index (χ1v) is 11.5. The van der Waals surface area contributed by atoms with Crippen LogP contribution in [-0.2, 0) is 11.0 Å². The van der Waals surface area contributed by atoms with E-state index in [2.05, 4.69) is 25.5 Å². The van der Waals surface area contributed by atoms with Gasteiger partial charge in [0.1, 0.15) is 5.02 Å². The minimum Gasteiger partial charge on any atom is -0.369 e. The number of hydrogen-bond donors (Lipinski definition) is 3. The number of halogens is 4. The predicted octanol–water partition coefficient (Wildman–Crippen LogP) is 3.71. The zero-order valence-corrected chi connectivity index (χ0v) is 19.5. The molecule has 0 spiro atoms. The van der Waals surface area contributed by atoms with Gasteiger partial charge in [-0.3, -0.25) is 4.79 Å². The number of nitrogens with two attached hydrogens (primary N) is 1. The number of hydrogen-bond acceptors (Lipinski definition) is 7. The molecule has 1 saturated carbocycles. The second-order valence-electron chi connectivity index (χ2n) is 8.72. The van der Waals surface area contributed by atoms with Gasteiger partial charge < -0.3 is 26.2 Å². The molecule has 12 heteroatoms. The second-order valence-corrected chi connectivity index (χ2v) is 9.13. The molecule has 0 unspecified atom stereocenters. The standard InChI is InChI=1S/C22H27ClF3N7O/c1-32-7-9-33(10-8-32)13-5-6-18(15(11-13)22(24,25)26)30-21-28-12-16(23)20(31-21)29-17-4-2-3-14(17)19(27)34/h5-6,11-12,14,17H,2-4,7-10H2,1H3,(H2,27,34)(H2,28,29,30,31)/t14-,17+/m0/s1. The highest BCUT2D eigenvalue weighted by atomic mass is 35.5. The Kier molecular flexibility index (Phi) is 7.04. The third kappa shape index (κ3) is 5.47. The van der Waals surface area contributed by atoms with Crippen LogP contribution in [0.1, 0.15) is 24.8 Å². The molecule has 1 aromatic carbocycles. The van der Waals surface area contributed by atoms with Crippen molar-refractivity contribution in [1.82, 2.24) is 14.9 Å². The number of anilines is 4. The van der Waals surface area contributed by atoms with E-state index in [4.69, 9.17) is 17.3 Å². The van der Waals surface area contributed by atoms with Gasteiger partial charge in [-0.15, -0.1) is 0 Å². The van der Waals surface area contributed by atoms with Gasteiger partial charge in [0.05, 0.1) is 23.4 Å². The van der Waals surface area contributed by atoms with Crippen LogP contribution in [0.5, 0.6) is 0 Å². The number of likely N-dealkylation sites (N-methyl/N-ethyl adjacent to an activating group) is 1. The van der Waals surface area contributed by atoms with Crippen LogP contribution in [-0.4, -0.2) is 60.0 Å². The number of nitrogens with one attached hydrogen (secondary N) is 2. The van der Waals surface area contributed by atoms with Crippen LogP contribution >= 0.6 is 11.6 Å². The van der Waals surface area contributed by atoms with E-state index in [1.54, 1.807) is 6.07 Å². The quantitative estimate of drug-likeness (QED) is 0.559. The maximum Gasteiger partial charge on any atom is 0.418 e. The van der Waals surface area contributed by atoms with Gasteiger partial charge in [0, 0.05) is 37.9 Å². The summed E-state index contributed by atoms with van der Waals surface area (Å²) in [7, 11) is 1.99. The van der Waals surface area contributed by atoms with Gasteiger partial charge in [0.15, 0.2) is 5.82 Å². The van der Waals surface area contributed by atoms with Crippen molar-refractivity contribution < 1.29 is 18.0 Å². The van der Waals surface area contributed by atoms with E-state index in [0.717, 1.165) is 25.6 Å². The molecule has 1 saturated heterocycles. The third-order valence-electron chi connectivity index (χ3n) is 6.37. The first kappa shape index (κ1) is 24.3. The number of aromatic nitrogens is 2. The van der Waals surface area contributed by atoms with Crippen molar-refractivity contribution in [1.29, 1.82) is 0 Å². The van der Waals surface area contributed by atoms with Gasteiger partial charge in [-0.25, -0.2) is 4.98 Å². The van der Waals surface area contributed by atoms with Crippen LogP contribution in [0.25, 0.3) is 0 Å². The molecule has 1 aliphatic carbocycles. The Balaban J connectivity index is 1.57. The Labute approximate surface area is 200 Å². The van der Waals surface area contributed by atoms with Gasteiger partial charge in [0.2, 0.25) is 11.9 Å². The van der Waals surface area contributed by atoms with Crippen LogP contribution in [0.3, 0.4) is 0 Å². The largest absolute Gasteiger partial charge is 0.418 e. The summed E-state index contributed by atoms with van der Waals surface area (Å²) in [5, 5.41) is 5.99. The number of carbonyl (C=O) groups is 1. The zero-order chi connectivity index (χ0) is 24.5. The molecule has 1 aliphatic heterocycles. The fraction of sp³-hybridized carbons (Fsp3) is 0.500. The van der Waals surface area contributed by atoms with Crippen LogP contribution in [0.15, 0.2) is 24.4 Å². The van der Waals surface area contributed by atoms with Crippen molar-refractivity contribution >= 4 is 40.6 Å². The number of primary amides is 1. The van der Waals surface area contributed by atoms with E-state index in [1.807, 2.05) is 11.9 Å². The van der Waals surface area contributed by atoms with Crippen molar-refractivity contribution in [2.24, 2.45) is 11.7 Å². The molecule has 184 valence electrons. The summed E-state index contributed by atoms with van der Waals surface area (Å²) in [4.78, 5) is 24.1. The zero-order valence-electron chi connectivity index (χ0n) is 18.7. The number of benzene rings is 1. The lowest BCUT2D eigenvalue weighted by Crippen LogP contribution is -2.44. The predicted molar refractivity (Wildman–Crippen MR) is 125 cm³/mol. The summed E-state index contributed by atoms with van der Waals surface area (Å²) >= 11 is 6.21. The average molecular weight is 498 g/mol. The highest BCUT2D eigenvalue weighted by Gasteiger charge is 2.35. The van der Waals surface area contributed by atoms with E-state index in [-0.39, 0.29) is 34.4 Å². The number of carbonyl (C=O) groups excluding carboxylic acids is 1. The number of alkyl halides is 3. The fourth-order valence-corrected chi connectivity index (χ4v) is 4.58. The van der Waals surface area contributed by atoms with Crippen LogP contribution in [0.2, 0.25) is 5.02 Å². The fourth-order valence-electron chi connectivity index (χ4n) is 4.44. The lowest BCUT2D eigenvalue weighted by atomic mass is 10.0. The normalized spacial score (nSPS) is 21.5. The summed E-state index contributed by atoms with van der Waals surface area (Å²) in [5.74, 6) is -0.575. The summed E-state index contributed by atoms with van der Waals surface area (Å²) in [6.07, 6.45) is -1.07. The van der Waals surface area contributed by atoms with E-state index >= 15 is 0 Å². The Morgan fingerprint density at radius 2 is 1.94 bits per heavy atom. The molecule has 1 aromatic heterocycles. The number of amides is 1. The topological polar surface area (TPSA) is 99.4 Å². The minimum atomic E-state index is -4.57. The molecule has 2 aromatic rings. The van der Waals surface area contributed by atoms with E-state index < -0.39 is 17.6 Å². The Bertz CT molecular complexity index is 1040. The van der Waals surface area contributed by atoms with Gasteiger partial charge in [-0.05, 0) is 38.1 Å². The molecular formula is C22H27ClF3N7O. The van der Waals surface area contributed by atoms with Crippen molar-refractivity contribution in [3.63, 3.8) is 0 Å². The van der Waals surface area contributed by atoms with Gasteiger partial charge in [0.25, 0.3) is 0 Å². The molecule has 0 bridgehead atoms. The molecule has 1 amide bonds. The third-order valence-corrected chi connectivity index (χ3v) is 6.65. The first-order chi connectivity index (χ1) is 16.1. The van der Waals surface area contributed by atoms with Gasteiger partial charge in [-0.2, -0.15) is 18.2 Å². The van der Waals surface area contributed by atoms with E-state index in [0.29, 0.717) is 31.6 Å². The highest BCUT2D eigenvalue weighted by Crippen LogP contribution is 2.39. The second kappa shape index (κ2) is 9.83. The molecule has 2 fully saturated rings. The Morgan fingerprint density at radius 3 is 2.62 bits per heavy atom. The molecule has 34 heavy (non-hydrogen) atoms. The SMILES string of the molecule is CN1CCN(c2ccc(Nc3ncc(Cl)c(N[C@@H]4CCC[C@@H]4C(N)=O)n3)c(C(F)(F)F)c2)CC1. The molecule has 2 aliphatic rings. The molecule has 2 heterocycles. The Hall–Kier alpha value is -2.79. The summed E-state index contributed by atoms with van der Waals surface area (Å²) < 4.78 is 41.7. The first-order valence-electron chi connectivity index (χ1n) is 11.1. The molecule has 0 radical (unpaired) electrons. The highest BCUT2D eigenvalue weighted by molar-refractivity contribution is 6.32. The van der Waals surface area contributed by atoms with Crippen LogP contribution < -0.4 is 21.3 Å². The van der Waals surface area contributed by atoms with Crippen molar-refractivity contribution in [2.75, 3.05) is 48.8 Å². The van der Waals surface area contributed by atoms with Crippen molar-refractivity contribution in [3.8, 4) is 0 Å². The maximum atomic E-state index is 13.9. The van der Waals surface area contributed by atoms with Crippen molar-refractivity contribution in [2.45, 2.75) is 31.5 Å². The van der Waals surface area contributed by atoms with Gasteiger partial charge in [-0.1, -0.05) is 18.0 Å². The monoisotopic (exact) mass is 497 g/mol. The number of rotatable bonds is 6. The Morgan fingerprint density at radius 1 is 1.21 bits per heavy atom. The molecule has 4 N–H and O–H groups in total. The van der Waals surface area contributed by atoms with E-state index in [9.17, 15) is 18.0 Å². The van der Waals surface area contributed by atoms with Crippen molar-refractivity contribution in [3.05, 3.63) is 35.0 Å². The lowest BCUT2D eigenvalue weighted by molar-refractivity contribution is -0.136. The lowest BCUT2D eigenvalue weighted by Gasteiger charge is -2.34. The van der Waals surface area contributed by atoms with Crippen LogP contribution in [0, 0.1) is 5.92 Å². The molecule has 8 nitrogen and oxygen atoms in total. The number of piperazine rings is 1. The molecule has 4 rings (SSSR count). The summed E-state index contributed by atoms with van der Waals surface area (Å²) in [6, 6.07) is 3.96. The molecule has 2 atom stereocenters. The van der Waals surface area contributed by atoms with Crippen LogP contribution in [0.4, 0.5) is 36.3 Å². The maximum absolute atomic E-state index is 13.9. The van der Waals surface area contributed by atoms with E-state index in [1.165, 1.54) is 12.3 Å². The smallest absolute Gasteiger partial charge is 0.369 e. The summed E-state index contributed by atoms with van der Waals surface area (Å²) in [5.41, 5.74) is 5.03.